The number of aliphatic carboxylic acids is 1. The van der Waals surface area contributed by atoms with Gasteiger partial charge >= 0.3 is 5.97 Å². The van der Waals surface area contributed by atoms with E-state index in [1.807, 2.05) is 0 Å². The molecule has 0 amide bonds. The highest BCUT2D eigenvalue weighted by Crippen LogP contribution is 2.67. The molecular formula is C24H38O3. The summed E-state index contributed by atoms with van der Waals surface area (Å²) in [5, 5.41) is 9.08. The van der Waals surface area contributed by atoms with Gasteiger partial charge in [-0.2, -0.15) is 0 Å². The quantitative estimate of drug-likeness (QED) is 0.685. The third-order valence-electron chi connectivity index (χ3n) is 9.96. The maximum Gasteiger partial charge on any atom is 0.303 e. The number of carbonyl (C=O) groups excluding carboxylic acids is 1. The Morgan fingerprint density at radius 2 is 1.81 bits per heavy atom. The highest BCUT2D eigenvalue weighted by atomic mass is 16.4. The topological polar surface area (TPSA) is 54.4 Å². The van der Waals surface area contributed by atoms with Crippen LogP contribution in [0.5, 0.6) is 0 Å². The molecule has 0 aromatic rings. The van der Waals surface area contributed by atoms with Crippen molar-refractivity contribution in [2.24, 2.45) is 46.3 Å². The Morgan fingerprint density at radius 1 is 1.07 bits per heavy atom. The smallest absolute Gasteiger partial charge is 0.303 e. The number of hydrogen-bond acceptors (Lipinski definition) is 2. The van der Waals surface area contributed by atoms with Crippen LogP contribution in [0.25, 0.3) is 0 Å². The average Bonchev–Trinajstić information content (AvgIpc) is 2.97. The minimum atomic E-state index is -0.677. The van der Waals surface area contributed by atoms with Crippen LogP contribution in [-0.4, -0.2) is 16.9 Å². The van der Waals surface area contributed by atoms with E-state index in [1.54, 1.807) is 0 Å². The van der Waals surface area contributed by atoms with Crippen molar-refractivity contribution in [1.82, 2.24) is 0 Å². The molecule has 3 heteroatoms. The lowest BCUT2D eigenvalue weighted by atomic mass is 9.44. The number of carboxylic acids is 1. The first-order chi connectivity index (χ1) is 12.8. The number of ketones is 1. The van der Waals surface area contributed by atoms with Crippen molar-refractivity contribution in [2.75, 3.05) is 0 Å². The van der Waals surface area contributed by atoms with Crippen molar-refractivity contribution in [1.29, 1.82) is 0 Å². The van der Waals surface area contributed by atoms with Crippen molar-refractivity contribution < 1.29 is 14.7 Å². The van der Waals surface area contributed by atoms with Crippen LogP contribution >= 0.6 is 0 Å². The molecule has 4 aliphatic rings. The van der Waals surface area contributed by atoms with Crippen molar-refractivity contribution in [3.05, 3.63) is 0 Å². The molecule has 0 spiro atoms. The van der Waals surface area contributed by atoms with Crippen LogP contribution in [0, 0.1) is 46.3 Å². The molecule has 152 valence electrons. The van der Waals surface area contributed by atoms with Gasteiger partial charge in [-0.3, -0.25) is 9.59 Å². The van der Waals surface area contributed by atoms with E-state index >= 15 is 0 Å². The van der Waals surface area contributed by atoms with Crippen molar-refractivity contribution >= 4 is 11.8 Å². The molecule has 0 aromatic heterocycles. The Bertz CT molecular complexity index is 613. The fraction of sp³-hybridized carbons (Fsp3) is 0.917. The van der Waals surface area contributed by atoms with Gasteiger partial charge in [0.05, 0.1) is 0 Å². The summed E-state index contributed by atoms with van der Waals surface area (Å²) in [5.74, 6) is 3.02. The van der Waals surface area contributed by atoms with E-state index in [1.165, 1.54) is 51.4 Å². The molecule has 0 radical (unpaired) electrons. The number of fused-ring (bicyclic) bond motifs is 5. The van der Waals surface area contributed by atoms with Crippen molar-refractivity contribution in [3.8, 4) is 0 Å². The lowest BCUT2D eigenvalue weighted by Crippen LogP contribution is -2.56. The SMILES string of the molecule is C[C@H](CCC(=O)O)[C@H]1CC[C@H]2C3C(=O)C[C@@H]4CCCC[C@]4(C)[C@H]3CC[C@]12C. The number of rotatable bonds is 4. The van der Waals surface area contributed by atoms with Gasteiger partial charge in [-0.15, -0.1) is 0 Å². The van der Waals surface area contributed by atoms with Crippen LogP contribution in [0.4, 0.5) is 0 Å². The zero-order valence-corrected chi connectivity index (χ0v) is 17.5. The van der Waals surface area contributed by atoms with Gasteiger partial charge < -0.3 is 5.11 Å². The average molecular weight is 375 g/mol. The molecule has 27 heavy (non-hydrogen) atoms. The summed E-state index contributed by atoms with van der Waals surface area (Å²) < 4.78 is 0. The lowest BCUT2D eigenvalue weighted by molar-refractivity contribution is -0.156. The molecule has 4 rings (SSSR count). The van der Waals surface area contributed by atoms with Crippen LogP contribution in [0.3, 0.4) is 0 Å². The van der Waals surface area contributed by atoms with E-state index in [0.29, 0.717) is 46.7 Å². The molecule has 0 bridgehead atoms. The largest absolute Gasteiger partial charge is 0.481 e. The van der Waals surface area contributed by atoms with Gasteiger partial charge in [-0.25, -0.2) is 0 Å². The van der Waals surface area contributed by atoms with E-state index < -0.39 is 5.97 Å². The molecule has 4 fully saturated rings. The summed E-state index contributed by atoms with van der Waals surface area (Å²) in [5.41, 5.74) is 0.637. The van der Waals surface area contributed by atoms with Gasteiger partial charge in [0.1, 0.15) is 5.78 Å². The van der Waals surface area contributed by atoms with E-state index in [4.69, 9.17) is 5.11 Å². The predicted octanol–water partition coefficient (Wildman–Crippen LogP) is 5.72. The summed E-state index contributed by atoms with van der Waals surface area (Å²) in [6.07, 6.45) is 12.0. The highest BCUT2D eigenvalue weighted by Gasteiger charge is 2.62. The normalized spacial score (nSPS) is 47.7. The molecule has 0 saturated heterocycles. The Morgan fingerprint density at radius 3 is 2.56 bits per heavy atom. The van der Waals surface area contributed by atoms with Crippen LogP contribution in [-0.2, 0) is 9.59 Å². The van der Waals surface area contributed by atoms with Crippen LogP contribution < -0.4 is 0 Å². The van der Waals surface area contributed by atoms with Crippen LogP contribution in [0.15, 0.2) is 0 Å². The van der Waals surface area contributed by atoms with Crippen LogP contribution in [0.1, 0.15) is 91.4 Å². The van der Waals surface area contributed by atoms with Gasteiger partial charge in [0.15, 0.2) is 0 Å². The molecule has 3 nitrogen and oxygen atoms in total. The van der Waals surface area contributed by atoms with Crippen LogP contribution in [0.2, 0.25) is 0 Å². The molecule has 1 unspecified atom stereocenters. The molecule has 4 aliphatic carbocycles. The lowest BCUT2D eigenvalue weighted by Gasteiger charge is -2.60. The monoisotopic (exact) mass is 374 g/mol. The standard InChI is InChI=1S/C24H38O3/c1-15(7-10-21(26)27)17-8-9-18-22-19(11-13-24(17,18)3)23(2)12-5-4-6-16(23)14-20(22)25/h15-19,22H,4-14H2,1-3H3,(H,26,27)/t15-,16+,17-,18+,19+,22?,23+,24-/m1/s1. The fourth-order valence-electron chi connectivity index (χ4n) is 8.49. The molecule has 0 aromatic carbocycles. The Hall–Kier alpha value is -0.860. The zero-order valence-electron chi connectivity index (χ0n) is 17.5. The van der Waals surface area contributed by atoms with Gasteiger partial charge in [0.2, 0.25) is 0 Å². The fourth-order valence-corrected chi connectivity index (χ4v) is 8.49. The molecular weight excluding hydrogens is 336 g/mol. The van der Waals surface area contributed by atoms with Gasteiger partial charge in [-0.1, -0.05) is 33.6 Å². The number of hydrogen-bond donors (Lipinski definition) is 1. The molecule has 1 N–H and O–H groups in total. The Balaban J connectivity index is 1.57. The minimum Gasteiger partial charge on any atom is -0.481 e. The second kappa shape index (κ2) is 6.88. The second-order valence-corrected chi connectivity index (χ2v) is 11.0. The summed E-state index contributed by atoms with van der Waals surface area (Å²) in [6, 6.07) is 0. The molecule has 0 heterocycles. The summed E-state index contributed by atoms with van der Waals surface area (Å²) in [6.45, 7) is 7.23. The minimum absolute atomic E-state index is 0.243. The first-order valence-corrected chi connectivity index (χ1v) is 11.5. The first kappa shape index (κ1) is 19.5. The molecule has 8 atom stereocenters. The Labute approximate surface area is 164 Å². The first-order valence-electron chi connectivity index (χ1n) is 11.5. The van der Waals surface area contributed by atoms with E-state index in [2.05, 4.69) is 20.8 Å². The van der Waals surface area contributed by atoms with Gasteiger partial charge in [0.25, 0.3) is 0 Å². The highest BCUT2D eigenvalue weighted by molar-refractivity contribution is 5.83. The third-order valence-corrected chi connectivity index (χ3v) is 9.96. The van der Waals surface area contributed by atoms with Crippen molar-refractivity contribution in [2.45, 2.75) is 91.4 Å². The number of Topliss-reactive ketones (excluding diaryl/α,β-unsaturated/α-hetero) is 1. The zero-order chi connectivity index (χ0) is 19.4. The summed E-state index contributed by atoms with van der Waals surface area (Å²) in [4.78, 5) is 24.4. The van der Waals surface area contributed by atoms with Gasteiger partial charge in [-0.05, 0) is 85.4 Å². The number of carboxylic acid groups (broad SMARTS) is 1. The maximum atomic E-state index is 13.3. The summed E-state index contributed by atoms with van der Waals surface area (Å²) in [7, 11) is 0. The van der Waals surface area contributed by atoms with Crippen molar-refractivity contribution in [3.63, 3.8) is 0 Å². The van der Waals surface area contributed by atoms with E-state index in [0.717, 1.165) is 12.8 Å². The Kier molecular flexibility index (Phi) is 4.96. The summed E-state index contributed by atoms with van der Waals surface area (Å²) >= 11 is 0. The maximum absolute atomic E-state index is 13.3. The number of carbonyl (C=O) groups is 2. The predicted molar refractivity (Wildman–Crippen MR) is 106 cm³/mol. The van der Waals surface area contributed by atoms with Gasteiger partial charge in [0, 0.05) is 18.8 Å². The molecule has 0 aliphatic heterocycles. The van der Waals surface area contributed by atoms with E-state index in [-0.39, 0.29) is 11.8 Å². The molecule has 4 saturated carbocycles. The third kappa shape index (κ3) is 2.99. The second-order valence-electron chi connectivity index (χ2n) is 11.0. The van der Waals surface area contributed by atoms with E-state index in [9.17, 15) is 9.59 Å².